The maximum Gasteiger partial charge on any atom is 0.132 e. The minimum Gasteiger partial charge on any atom is -0.385 e. The minimum absolute atomic E-state index is 0.661. The molecule has 1 aromatic carbocycles. The Labute approximate surface area is 136 Å². The fourth-order valence-electron chi connectivity index (χ4n) is 2.85. The van der Waals surface area contributed by atoms with E-state index in [4.69, 9.17) is 0 Å². The van der Waals surface area contributed by atoms with E-state index in [0.717, 1.165) is 16.8 Å². The van der Waals surface area contributed by atoms with E-state index in [0.29, 0.717) is 30.2 Å². The number of hydrogen-bond acceptors (Lipinski definition) is 2. The summed E-state index contributed by atoms with van der Waals surface area (Å²) in [5.41, 5.74) is 1.27. The highest BCUT2D eigenvalue weighted by molar-refractivity contribution is 5.50. The molecule has 1 rings (SSSR count). The van der Waals surface area contributed by atoms with Crippen molar-refractivity contribution in [2.45, 2.75) is 64.6 Å². The second-order valence-corrected chi connectivity index (χ2v) is 7.26. The molecule has 0 aliphatic heterocycles. The molecule has 0 aliphatic carbocycles. The average molecular weight is 308 g/mol. The predicted molar refractivity (Wildman–Crippen MR) is 95.0 cm³/mol. The van der Waals surface area contributed by atoms with Crippen LogP contribution in [0.5, 0.6) is 0 Å². The van der Waals surface area contributed by atoms with Crippen molar-refractivity contribution in [1.29, 1.82) is 0 Å². The van der Waals surface area contributed by atoms with Gasteiger partial charge in [-0.3, -0.25) is 4.48 Å². The quantitative estimate of drug-likeness (QED) is 0.750. The third-order valence-corrected chi connectivity index (χ3v) is 5.11. The molecule has 0 radical (unpaired) electrons. The van der Waals surface area contributed by atoms with Crippen molar-refractivity contribution in [3.63, 3.8) is 0 Å². The molecule has 2 N–H and O–H groups in total. The number of nitrogens with zero attached hydrogens (tertiary/aromatic N) is 1. The second-order valence-electron chi connectivity index (χ2n) is 7.26. The van der Waals surface area contributed by atoms with Crippen LogP contribution >= 0.6 is 0 Å². The van der Waals surface area contributed by atoms with Gasteiger partial charge in [0.05, 0.1) is 32.3 Å². The summed E-state index contributed by atoms with van der Waals surface area (Å²) >= 11 is 0. The van der Waals surface area contributed by atoms with Gasteiger partial charge in [-0.15, -0.1) is 0 Å². The summed E-state index contributed by atoms with van der Waals surface area (Å²) in [4.78, 5) is 0. The molecule has 0 aliphatic rings. The summed E-state index contributed by atoms with van der Waals surface area (Å²) in [6.45, 7) is 8.03. The lowest BCUT2D eigenvalue weighted by Crippen LogP contribution is -2.36. The van der Waals surface area contributed by atoms with E-state index in [1.54, 1.807) is 0 Å². The lowest BCUT2D eigenvalue weighted by molar-refractivity contribution is 0.0216. The Balaban J connectivity index is 3.61. The van der Waals surface area contributed by atoms with Crippen molar-refractivity contribution in [3.05, 3.63) is 29.3 Å². The highest BCUT2D eigenvalue weighted by Crippen LogP contribution is 2.38. The Morgan fingerprint density at radius 1 is 0.727 bits per heavy atom. The summed E-state index contributed by atoms with van der Waals surface area (Å²) in [6.07, 6.45) is 2.67. The Hall–Kier alpha value is -0.900. The highest BCUT2D eigenvalue weighted by atomic mass is 16.3. The molecule has 1 aromatic rings. The van der Waals surface area contributed by atoms with Gasteiger partial charge >= 0.3 is 0 Å². The third kappa shape index (κ3) is 3.70. The molecule has 0 saturated heterocycles. The summed E-state index contributed by atoms with van der Waals surface area (Å²) < 4.78 is 0.661. The standard InChI is InChI=1S/C19H34NO2/c1-8-18(21,9-2)15-12-16(19(22,10-3)11-4)14-17(13-15)20(5,6)7/h12-14,21-22H,8-11H2,1-7H3/q+1. The molecule has 3 nitrogen and oxygen atoms in total. The van der Waals surface area contributed by atoms with Crippen LogP contribution in [0.25, 0.3) is 0 Å². The van der Waals surface area contributed by atoms with Crippen LogP contribution in [0.4, 0.5) is 5.69 Å². The van der Waals surface area contributed by atoms with Crippen molar-refractivity contribution >= 4 is 5.69 Å². The van der Waals surface area contributed by atoms with E-state index < -0.39 is 11.2 Å². The number of benzene rings is 1. The summed E-state index contributed by atoms with van der Waals surface area (Å²) in [5, 5.41) is 21.9. The lowest BCUT2D eigenvalue weighted by Gasteiger charge is -2.33. The van der Waals surface area contributed by atoms with Crippen molar-refractivity contribution < 1.29 is 10.2 Å². The molecule has 22 heavy (non-hydrogen) atoms. The maximum atomic E-state index is 10.9. The molecule has 0 amide bonds. The van der Waals surface area contributed by atoms with Crippen LogP contribution in [0.2, 0.25) is 0 Å². The molecule has 0 spiro atoms. The zero-order valence-corrected chi connectivity index (χ0v) is 15.4. The Kier molecular flexibility index (Phi) is 5.82. The van der Waals surface area contributed by atoms with Gasteiger partial charge in [-0.05, 0) is 42.9 Å². The zero-order chi connectivity index (χ0) is 17.2. The van der Waals surface area contributed by atoms with Gasteiger partial charge in [0.1, 0.15) is 5.69 Å². The van der Waals surface area contributed by atoms with Crippen LogP contribution in [0.3, 0.4) is 0 Å². The monoisotopic (exact) mass is 308 g/mol. The van der Waals surface area contributed by atoms with Gasteiger partial charge in [0, 0.05) is 12.1 Å². The number of quaternary nitrogens is 1. The molecule has 0 heterocycles. The molecule has 126 valence electrons. The van der Waals surface area contributed by atoms with Gasteiger partial charge in [-0.2, -0.15) is 0 Å². The first-order valence-electron chi connectivity index (χ1n) is 8.49. The summed E-state index contributed by atoms with van der Waals surface area (Å²) in [6, 6.07) is 6.17. The number of hydrogen-bond donors (Lipinski definition) is 2. The zero-order valence-electron chi connectivity index (χ0n) is 15.4. The van der Waals surface area contributed by atoms with Crippen LogP contribution in [-0.4, -0.2) is 31.4 Å². The van der Waals surface area contributed by atoms with Gasteiger partial charge < -0.3 is 10.2 Å². The molecule has 0 bridgehead atoms. The van der Waals surface area contributed by atoms with Crippen molar-refractivity contribution in [1.82, 2.24) is 4.48 Å². The van der Waals surface area contributed by atoms with E-state index in [-0.39, 0.29) is 0 Å². The molecule has 0 fully saturated rings. The summed E-state index contributed by atoms with van der Waals surface area (Å²) in [5.74, 6) is 0. The van der Waals surface area contributed by atoms with Gasteiger partial charge in [0.2, 0.25) is 0 Å². The number of aliphatic hydroxyl groups is 2. The first kappa shape index (κ1) is 19.1. The molecule has 0 aromatic heterocycles. The van der Waals surface area contributed by atoms with Crippen LogP contribution < -0.4 is 4.48 Å². The second kappa shape index (κ2) is 6.69. The number of rotatable bonds is 7. The Morgan fingerprint density at radius 3 is 1.27 bits per heavy atom. The molecule has 0 unspecified atom stereocenters. The van der Waals surface area contributed by atoms with Gasteiger partial charge in [0.25, 0.3) is 0 Å². The molecule has 0 saturated carbocycles. The van der Waals surface area contributed by atoms with E-state index in [9.17, 15) is 10.2 Å². The highest BCUT2D eigenvalue weighted by Gasteiger charge is 2.32. The van der Waals surface area contributed by atoms with E-state index in [1.165, 1.54) is 0 Å². The molecule has 0 atom stereocenters. The van der Waals surface area contributed by atoms with Crippen LogP contribution in [-0.2, 0) is 11.2 Å². The van der Waals surface area contributed by atoms with Gasteiger partial charge in [-0.25, -0.2) is 0 Å². The molecule has 3 heteroatoms. The maximum absolute atomic E-state index is 10.9. The van der Waals surface area contributed by atoms with Gasteiger partial charge in [0.15, 0.2) is 0 Å². The topological polar surface area (TPSA) is 40.5 Å². The Bertz CT molecular complexity index is 458. The third-order valence-electron chi connectivity index (χ3n) is 5.11. The van der Waals surface area contributed by atoms with Crippen molar-refractivity contribution in [3.8, 4) is 0 Å². The van der Waals surface area contributed by atoms with E-state index in [2.05, 4.69) is 33.3 Å². The van der Waals surface area contributed by atoms with E-state index >= 15 is 0 Å². The normalized spacial score (nSPS) is 13.5. The minimum atomic E-state index is -0.831. The fraction of sp³-hybridized carbons (Fsp3) is 0.684. The van der Waals surface area contributed by atoms with E-state index in [1.807, 2.05) is 33.8 Å². The largest absolute Gasteiger partial charge is 0.385 e. The Morgan fingerprint density at radius 2 is 1.05 bits per heavy atom. The average Bonchev–Trinajstić information content (AvgIpc) is 2.51. The van der Waals surface area contributed by atoms with Crippen molar-refractivity contribution in [2.24, 2.45) is 0 Å². The van der Waals surface area contributed by atoms with Crippen LogP contribution in [0.1, 0.15) is 64.5 Å². The van der Waals surface area contributed by atoms with Gasteiger partial charge in [-0.1, -0.05) is 27.7 Å². The van der Waals surface area contributed by atoms with Crippen LogP contribution in [0.15, 0.2) is 18.2 Å². The SMILES string of the molecule is CCC(O)(CC)c1cc(C(O)(CC)CC)cc([N+](C)(C)C)c1. The lowest BCUT2D eigenvalue weighted by atomic mass is 9.82. The van der Waals surface area contributed by atoms with Crippen molar-refractivity contribution in [2.75, 3.05) is 21.1 Å². The fourth-order valence-corrected chi connectivity index (χ4v) is 2.85. The predicted octanol–water partition coefficient (Wildman–Crippen LogP) is 3.90. The molecular weight excluding hydrogens is 274 g/mol. The molecular formula is C19H34NO2+. The first-order chi connectivity index (χ1) is 10.1. The summed E-state index contributed by atoms with van der Waals surface area (Å²) in [7, 11) is 6.32. The smallest absolute Gasteiger partial charge is 0.132 e. The van der Waals surface area contributed by atoms with Crippen LogP contribution in [0, 0.1) is 0 Å². The first-order valence-corrected chi connectivity index (χ1v) is 8.49.